The molecule has 3 N–H and O–H groups in total. The van der Waals surface area contributed by atoms with Crippen molar-refractivity contribution in [2.75, 3.05) is 11.9 Å². The highest BCUT2D eigenvalue weighted by Gasteiger charge is 2.21. The molecule has 1 aliphatic carbocycles. The average molecular weight is 276 g/mol. The molecular formula is C16H24N2O2. The van der Waals surface area contributed by atoms with E-state index >= 15 is 0 Å². The molecule has 1 aromatic rings. The third-order valence-electron chi connectivity index (χ3n) is 3.53. The lowest BCUT2D eigenvalue weighted by Gasteiger charge is -2.15. The van der Waals surface area contributed by atoms with E-state index in [-0.39, 0.29) is 11.8 Å². The topological polar surface area (TPSA) is 64.4 Å². The van der Waals surface area contributed by atoms with E-state index in [1.807, 2.05) is 38.1 Å². The first-order valence-electron chi connectivity index (χ1n) is 7.29. The molecule has 1 atom stereocenters. The molecule has 4 nitrogen and oxygen atoms in total. The number of anilines is 1. The molecule has 20 heavy (non-hydrogen) atoms. The van der Waals surface area contributed by atoms with Crippen molar-refractivity contribution in [2.45, 2.75) is 39.3 Å². The van der Waals surface area contributed by atoms with E-state index in [2.05, 4.69) is 5.32 Å². The van der Waals surface area contributed by atoms with Crippen LogP contribution in [-0.2, 0) is 16.1 Å². The number of nitrogens with two attached hydrogens (primary N) is 1. The van der Waals surface area contributed by atoms with Crippen LogP contribution in [0.4, 0.5) is 5.69 Å². The first kappa shape index (κ1) is 15.0. The van der Waals surface area contributed by atoms with Crippen LogP contribution >= 0.6 is 0 Å². The van der Waals surface area contributed by atoms with Gasteiger partial charge in [0.25, 0.3) is 0 Å². The van der Waals surface area contributed by atoms with Crippen LogP contribution in [0.15, 0.2) is 24.3 Å². The molecule has 0 bridgehead atoms. The molecule has 0 aliphatic heterocycles. The molecule has 0 aromatic heterocycles. The van der Waals surface area contributed by atoms with E-state index < -0.39 is 6.04 Å². The zero-order valence-electron chi connectivity index (χ0n) is 12.3. The van der Waals surface area contributed by atoms with Crippen molar-refractivity contribution in [2.24, 2.45) is 17.6 Å². The molecule has 1 saturated carbocycles. The summed E-state index contributed by atoms with van der Waals surface area (Å²) < 4.78 is 5.65. The molecule has 1 aliphatic rings. The van der Waals surface area contributed by atoms with Crippen LogP contribution in [0.2, 0.25) is 0 Å². The average Bonchev–Trinajstić information content (AvgIpc) is 3.22. The second-order valence-electron chi connectivity index (χ2n) is 5.92. The predicted octanol–water partition coefficient (Wildman–Crippen LogP) is 2.54. The molecule has 4 heteroatoms. The van der Waals surface area contributed by atoms with Crippen LogP contribution in [0.3, 0.4) is 0 Å². The highest BCUT2D eigenvalue weighted by Crippen LogP contribution is 2.29. The molecule has 1 fully saturated rings. The van der Waals surface area contributed by atoms with Crippen molar-refractivity contribution < 1.29 is 9.53 Å². The minimum Gasteiger partial charge on any atom is -0.376 e. The molecule has 0 heterocycles. The van der Waals surface area contributed by atoms with Crippen LogP contribution in [-0.4, -0.2) is 18.6 Å². The van der Waals surface area contributed by atoms with Gasteiger partial charge in [0, 0.05) is 12.3 Å². The Balaban J connectivity index is 1.86. The van der Waals surface area contributed by atoms with Crippen molar-refractivity contribution in [1.82, 2.24) is 0 Å². The summed E-state index contributed by atoms with van der Waals surface area (Å²) in [5.74, 6) is 0.748. The van der Waals surface area contributed by atoms with Gasteiger partial charge < -0.3 is 15.8 Å². The van der Waals surface area contributed by atoms with Crippen molar-refractivity contribution in [3.63, 3.8) is 0 Å². The number of hydrogen-bond donors (Lipinski definition) is 2. The summed E-state index contributed by atoms with van der Waals surface area (Å²) in [6.07, 6.45) is 2.59. The van der Waals surface area contributed by atoms with Gasteiger partial charge in [0.2, 0.25) is 5.91 Å². The maximum atomic E-state index is 11.9. The fourth-order valence-corrected chi connectivity index (χ4v) is 1.90. The third-order valence-corrected chi connectivity index (χ3v) is 3.53. The Labute approximate surface area is 120 Å². The van der Waals surface area contributed by atoms with E-state index in [0.29, 0.717) is 6.61 Å². The minimum atomic E-state index is -0.482. The van der Waals surface area contributed by atoms with E-state index in [0.717, 1.165) is 23.8 Å². The third kappa shape index (κ3) is 4.62. The SMILES string of the molecule is CC(C)[C@H](N)C(=O)Nc1cccc(COCC2CC2)c1. The minimum absolute atomic E-state index is 0.125. The number of carbonyl (C=O) groups is 1. The Hall–Kier alpha value is -1.39. The van der Waals surface area contributed by atoms with Gasteiger partial charge in [-0.1, -0.05) is 26.0 Å². The van der Waals surface area contributed by atoms with Crippen molar-refractivity contribution in [3.05, 3.63) is 29.8 Å². The summed E-state index contributed by atoms with van der Waals surface area (Å²) in [4.78, 5) is 11.9. The second kappa shape index (κ2) is 6.86. The lowest BCUT2D eigenvalue weighted by Crippen LogP contribution is -2.39. The molecule has 0 spiro atoms. The first-order valence-corrected chi connectivity index (χ1v) is 7.29. The maximum Gasteiger partial charge on any atom is 0.241 e. The molecule has 110 valence electrons. The Bertz CT molecular complexity index is 456. The standard InChI is InChI=1S/C16H24N2O2/c1-11(2)15(17)16(19)18-14-5-3-4-13(8-14)10-20-9-12-6-7-12/h3-5,8,11-12,15H,6-7,9-10,17H2,1-2H3,(H,18,19)/t15-/m0/s1. The monoisotopic (exact) mass is 276 g/mol. The van der Waals surface area contributed by atoms with Crippen LogP contribution in [0.5, 0.6) is 0 Å². The van der Waals surface area contributed by atoms with Crippen LogP contribution < -0.4 is 11.1 Å². The zero-order valence-corrected chi connectivity index (χ0v) is 12.3. The van der Waals surface area contributed by atoms with Crippen LogP contribution in [0.1, 0.15) is 32.3 Å². The summed E-state index contributed by atoms with van der Waals surface area (Å²) in [7, 11) is 0. The summed E-state index contributed by atoms with van der Waals surface area (Å²) >= 11 is 0. The van der Waals surface area contributed by atoms with Crippen molar-refractivity contribution in [3.8, 4) is 0 Å². The lowest BCUT2D eigenvalue weighted by atomic mass is 10.0. The molecular weight excluding hydrogens is 252 g/mol. The van der Waals surface area contributed by atoms with Gasteiger partial charge in [-0.3, -0.25) is 4.79 Å². The van der Waals surface area contributed by atoms with E-state index in [9.17, 15) is 4.79 Å². The van der Waals surface area contributed by atoms with Gasteiger partial charge in [-0.25, -0.2) is 0 Å². The highest BCUT2D eigenvalue weighted by atomic mass is 16.5. The molecule has 0 radical (unpaired) electrons. The summed E-state index contributed by atoms with van der Waals surface area (Å²) in [6.45, 7) is 5.31. The lowest BCUT2D eigenvalue weighted by molar-refractivity contribution is -0.118. The fraction of sp³-hybridized carbons (Fsp3) is 0.562. The number of benzene rings is 1. The quantitative estimate of drug-likeness (QED) is 0.804. The molecule has 2 rings (SSSR count). The normalized spacial score (nSPS) is 16.2. The number of ether oxygens (including phenoxy) is 1. The van der Waals surface area contributed by atoms with E-state index in [1.54, 1.807) is 0 Å². The zero-order chi connectivity index (χ0) is 14.5. The van der Waals surface area contributed by atoms with Crippen molar-refractivity contribution >= 4 is 11.6 Å². The Kier molecular flexibility index (Phi) is 5.15. The van der Waals surface area contributed by atoms with Gasteiger partial charge in [0.1, 0.15) is 0 Å². The predicted molar refractivity (Wildman–Crippen MR) is 80.3 cm³/mol. The number of nitrogens with one attached hydrogen (secondary N) is 1. The number of amides is 1. The smallest absolute Gasteiger partial charge is 0.241 e. The Morgan fingerprint density at radius 3 is 2.85 bits per heavy atom. The van der Waals surface area contributed by atoms with Gasteiger partial charge in [-0.15, -0.1) is 0 Å². The van der Waals surface area contributed by atoms with Gasteiger partial charge in [-0.05, 0) is 42.4 Å². The summed E-state index contributed by atoms with van der Waals surface area (Å²) in [6, 6.07) is 7.26. The highest BCUT2D eigenvalue weighted by molar-refractivity contribution is 5.94. The number of hydrogen-bond acceptors (Lipinski definition) is 3. The van der Waals surface area contributed by atoms with E-state index in [4.69, 9.17) is 10.5 Å². The second-order valence-corrected chi connectivity index (χ2v) is 5.92. The van der Waals surface area contributed by atoms with Gasteiger partial charge in [0.15, 0.2) is 0 Å². The van der Waals surface area contributed by atoms with E-state index in [1.165, 1.54) is 12.8 Å². The molecule has 1 aromatic carbocycles. The van der Waals surface area contributed by atoms with Gasteiger partial charge in [0.05, 0.1) is 12.6 Å². The van der Waals surface area contributed by atoms with Crippen LogP contribution in [0.25, 0.3) is 0 Å². The summed E-state index contributed by atoms with van der Waals surface area (Å²) in [5.41, 5.74) is 7.68. The van der Waals surface area contributed by atoms with Crippen LogP contribution in [0, 0.1) is 11.8 Å². The summed E-state index contributed by atoms with van der Waals surface area (Å²) in [5, 5.41) is 2.86. The van der Waals surface area contributed by atoms with Crippen molar-refractivity contribution in [1.29, 1.82) is 0 Å². The first-order chi connectivity index (χ1) is 9.56. The number of rotatable bonds is 7. The maximum absolute atomic E-state index is 11.9. The molecule has 1 amide bonds. The fourth-order valence-electron chi connectivity index (χ4n) is 1.90. The Morgan fingerprint density at radius 1 is 1.45 bits per heavy atom. The number of carbonyl (C=O) groups excluding carboxylic acids is 1. The molecule has 0 saturated heterocycles. The largest absolute Gasteiger partial charge is 0.376 e. The Morgan fingerprint density at radius 2 is 2.20 bits per heavy atom. The van der Waals surface area contributed by atoms with Gasteiger partial charge in [-0.2, -0.15) is 0 Å². The molecule has 0 unspecified atom stereocenters. The van der Waals surface area contributed by atoms with Gasteiger partial charge >= 0.3 is 0 Å².